The molecule has 0 radical (unpaired) electrons. The summed E-state index contributed by atoms with van der Waals surface area (Å²) in [5, 5.41) is 4.98. The van der Waals surface area contributed by atoms with E-state index in [4.69, 9.17) is 14.2 Å². The van der Waals surface area contributed by atoms with Crippen molar-refractivity contribution < 1.29 is 23.8 Å². The predicted octanol–water partition coefficient (Wildman–Crippen LogP) is 1.92. The van der Waals surface area contributed by atoms with Crippen molar-refractivity contribution in [3.05, 3.63) is 47.9 Å². The van der Waals surface area contributed by atoms with Gasteiger partial charge in [0.15, 0.2) is 5.79 Å². The molecule has 3 aliphatic rings. The Morgan fingerprint density at radius 2 is 1.63 bits per heavy atom. The van der Waals surface area contributed by atoms with E-state index >= 15 is 0 Å². The predicted molar refractivity (Wildman–Crippen MR) is 139 cm³/mol. The Balaban J connectivity index is 1.26. The number of pyridine rings is 1. The summed E-state index contributed by atoms with van der Waals surface area (Å²) in [6.07, 6.45) is 6.43. The Morgan fingerprint density at radius 3 is 2.26 bits per heavy atom. The number of methoxy groups -OCH3 is 1. The summed E-state index contributed by atoms with van der Waals surface area (Å²) in [4.78, 5) is 37.2. The van der Waals surface area contributed by atoms with Crippen LogP contribution >= 0.6 is 0 Å². The number of aromatic nitrogens is 3. The molecule has 2 aromatic heterocycles. The first-order valence-corrected chi connectivity index (χ1v) is 13.0. The van der Waals surface area contributed by atoms with Gasteiger partial charge in [0, 0.05) is 76.9 Å². The second kappa shape index (κ2) is 9.88. The maximum atomic E-state index is 13.9. The van der Waals surface area contributed by atoms with Crippen LogP contribution in [0.5, 0.6) is 5.75 Å². The van der Waals surface area contributed by atoms with Crippen molar-refractivity contribution in [2.75, 3.05) is 64.5 Å². The second-order valence-corrected chi connectivity index (χ2v) is 9.99. The van der Waals surface area contributed by atoms with Crippen LogP contribution in [-0.2, 0) is 16.5 Å². The van der Waals surface area contributed by atoms with Gasteiger partial charge in [-0.3, -0.25) is 19.3 Å². The van der Waals surface area contributed by atoms with Crippen LogP contribution < -0.4 is 9.64 Å². The van der Waals surface area contributed by atoms with E-state index in [2.05, 4.69) is 15.0 Å². The number of piperidine rings is 1. The van der Waals surface area contributed by atoms with Gasteiger partial charge in [-0.05, 0) is 18.2 Å². The van der Waals surface area contributed by atoms with Gasteiger partial charge in [-0.2, -0.15) is 5.10 Å². The van der Waals surface area contributed by atoms with E-state index in [-0.39, 0.29) is 11.8 Å². The first-order chi connectivity index (χ1) is 18.5. The molecule has 200 valence electrons. The lowest BCUT2D eigenvalue weighted by atomic mass is 9.99. The normalized spacial score (nSPS) is 19.4. The van der Waals surface area contributed by atoms with Crippen LogP contribution in [-0.4, -0.2) is 102 Å². The fourth-order valence-electron chi connectivity index (χ4n) is 5.64. The average molecular weight is 521 g/mol. The van der Waals surface area contributed by atoms with Crippen LogP contribution in [0.25, 0.3) is 10.9 Å². The first-order valence-electron chi connectivity index (χ1n) is 13.0. The summed E-state index contributed by atoms with van der Waals surface area (Å²) in [6.45, 7) is 4.46. The quantitative estimate of drug-likeness (QED) is 0.514. The highest BCUT2D eigenvalue weighted by molar-refractivity contribution is 6.07. The Bertz CT molecular complexity index is 1350. The molecule has 1 aromatic carbocycles. The largest absolute Gasteiger partial charge is 0.497 e. The number of carbonyl (C=O) groups excluding carboxylic acids is 2. The fourth-order valence-corrected chi connectivity index (χ4v) is 5.64. The highest BCUT2D eigenvalue weighted by Crippen LogP contribution is 2.38. The average Bonchev–Trinajstić information content (AvgIpc) is 3.61. The summed E-state index contributed by atoms with van der Waals surface area (Å²) in [6, 6.07) is 5.75. The molecule has 6 rings (SSSR count). The van der Waals surface area contributed by atoms with E-state index in [1.807, 2.05) is 23.1 Å². The third kappa shape index (κ3) is 4.45. The van der Waals surface area contributed by atoms with Gasteiger partial charge in [0.25, 0.3) is 11.8 Å². The van der Waals surface area contributed by atoms with Crippen molar-refractivity contribution in [1.29, 1.82) is 0 Å². The van der Waals surface area contributed by atoms with Crippen molar-refractivity contribution in [3.63, 3.8) is 0 Å². The zero-order valence-corrected chi connectivity index (χ0v) is 21.8. The smallest absolute Gasteiger partial charge is 0.257 e. The maximum absolute atomic E-state index is 13.9. The Morgan fingerprint density at radius 1 is 0.947 bits per heavy atom. The lowest BCUT2D eigenvalue weighted by Gasteiger charge is -2.40. The Labute approximate surface area is 220 Å². The molecule has 0 bridgehead atoms. The Hall–Kier alpha value is -3.70. The van der Waals surface area contributed by atoms with Gasteiger partial charge < -0.3 is 28.9 Å². The van der Waals surface area contributed by atoms with E-state index in [9.17, 15) is 9.59 Å². The zero-order valence-electron chi connectivity index (χ0n) is 21.8. The van der Waals surface area contributed by atoms with Crippen molar-refractivity contribution >= 4 is 28.4 Å². The van der Waals surface area contributed by atoms with Crippen LogP contribution in [0.15, 0.2) is 36.8 Å². The molecule has 5 heterocycles. The summed E-state index contributed by atoms with van der Waals surface area (Å²) in [5.41, 5.74) is 2.78. The Kier molecular flexibility index (Phi) is 6.40. The van der Waals surface area contributed by atoms with Crippen molar-refractivity contribution in [3.8, 4) is 5.75 Å². The minimum absolute atomic E-state index is 0.0658. The molecule has 11 heteroatoms. The van der Waals surface area contributed by atoms with Crippen molar-refractivity contribution in [1.82, 2.24) is 24.6 Å². The minimum atomic E-state index is -0.516. The van der Waals surface area contributed by atoms with E-state index in [0.29, 0.717) is 69.4 Å². The third-order valence-corrected chi connectivity index (χ3v) is 7.74. The molecule has 0 unspecified atom stereocenters. The number of nitrogens with zero attached hydrogens (tertiary/aromatic N) is 6. The number of aryl methyl sites for hydroxylation is 1. The second-order valence-electron chi connectivity index (χ2n) is 9.99. The molecule has 3 aromatic rings. The number of amides is 2. The molecule has 2 amide bonds. The lowest BCUT2D eigenvalue weighted by Crippen LogP contribution is -2.51. The van der Waals surface area contributed by atoms with Crippen LogP contribution in [0, 0.1) is 0 Å². The SMILES string of the molecule is COc1ccc2ncc(C(=O)N3CCN(C(=O)c4cnn(C)c4)CC3)c(N3CCC4(CC3)OCCO4)c2c1. The van der Waals surface area contributed by atoms with Gasteiger partial charge in [-0.15, -0.1) is 0 Å². The van der Waals surface area contributed by atoms with Crippen LogP contribution in [0.2, 0.25) is 0 Å². The van der Waals surface area contributed by atoms with E-state index < -0.39 is 5.79 Å². The fraction of sp³-hybridized carbons (Fsp3) is 0.481. The first kappa shape index (κ1) is 24.6. The molecule has 0 saturated carbocycles. The number of piperazine rings is 1. The van der Waals surface area contributed by atoms with Crippen LogP contribution in [0.3, 0.4) is 0 Å². The monoisotopic (exact) mass is 520 g/mol. The molecule has 3 saturated heterocycles. The summed E-state index contributed by atoms with van der Waals surface area (Å²) < 4.78 is 19.0. The van der Waals surface area contributed by atoms with Gasteiger partial charge in [0.1, 0.15) is 5.75 Å². The van der Waals surface area contributed by atoms with Gasteiger partial charge in [0.2, 0.25) is 0 Å². The molecule has 3 aliphatic heterocycles. The molecule has 0 atom stereocenters. The highest BCUT2D eigenvalue weighted by Gasteiger charge is 2.41. The number of benzene rings is 1. The molecule has 38 heavy (non-hydrogen) atoms. The van der Waals surface area contributed by atoms with Gasteiger partial charge >= 0.3 is 0 Å². The molecule has 11 nitrogen and oxygen atoms in total. The molecule has 0 aliphatic carbocycles. The maximum Gasteiger partial charge on any atom is 0.257 e. The summed E-state index contributed by atoms with van der Waals surface area (Å²) in [5.74, 6) is 0.0464. The van der Waals surface area contributed by atoms with Gasteiger partial charge in [-0.25, -0.2) is 0 Å². The lowest BCUT2D eigenvalue weighted by molar-refractivity contribution is -0.169. The number of rotatable bonds is 4. The molecular weight excluding hydrogens is 488 g/mol. The van der Waals surface area contributed by atoms with E-state index in [1.54, 1.807) is 42.3 Å². The number of carbonyl (C=O) groups is 2. The molecular formula is C27H32N6O5. The van der Waals surface area contributed by atoms with Crippen molar-refractivity contribution in [2.45, 2.75) is 18.6 Å². The standard InChI is InChI=1S/C27H32N6O5/c1-30-18-19(16-29-30)25(34)32-9-11-33(12-10-32)26(35)22-17-28-23-4-3-20(36-2)15-21(23)24(22)31-7-5-27(6-8-31)37-13-14-38-27/h3-4,15-18H,5-14H2,1-2H3. The zero-order chi connectivity index (χ0) is 26.3. The van der Waals surface area contributed by atoms with E-state index in [0.717, 1.165) is 29.4 Å². The molecule has 0 N–H and O–H groups in total. The summed E-state index contributed by atoms with van der Waals surface area (Å²) in [7, 11) is 3.42. The minimum Gasteiger partial charge on any atom is -0.497 e. The van der Waals surface area contributed by atoms with Crippen molar-refractivity contribution in [2.24, 2.45) is 7.05 Å². The highest BCUT2D eigenvalue weighted by atomic mass is 16.7. The third-order valence-electron chi connectivity index (χ3n) is 7.74. The van der Waals surface area contributed by atoms with Gasteiger partial charge in [-0.1, -0.05) is 0 Å². The van der Waals surface area contributed by atoms with Crippen LogP contribution in [0.1, 0.15) is 33.6 Å². The number of anilines is 1. The number of ether oxygens (including phenoxy) is 3. The van der Waals surface area contributed by atoms with Crippen LogP contribution in [0.4, 0.5) is 5.69 Å². The van der Waals surface area contributed by atoms with E-state index in [1.165, 1.54) is 0 Å². The number of fused-ring (bicyclic) bond motifs is 1. The molecule has 3 fully saturated rings. The summed E-state index contributed by atoms with van der Waals surface area (Å²) >= 11 is 0. The van der Waals surface area contributed by atoms with Gasteiger partial charge in [0.05, 0.1) is 48.9 Å². The molecule has 1 spiro atoms. The number of hydrogen-bond acceptors (Lipinski definition) is 8. The topological polar surface area (TPSA) is 102 Å². The number of hydrogen-bond donors (Lipinski definition) is 0.